The van der Waals surface area contributed by atoms with E-state index in [1.807, 2.05) is 168 Å². The molecular weight excluding hydrogens is 1430 g/mol. The van der Waals surface area contributed by atoms with Gasteiger partial charge in [-0.1, -0.05) is 83.5 Å². The largest absolute Gasteiger partial charge is 0.382 e. The fourth-order valence-corrected chi connectivity index (χ4v) is 14.0. The number of pyridine rings is 1. The standard InChI is InChI=1S/C29H29N7O2.C28H28N8O2.C28H27N7O2/c1-5-6-24(37)34-13-14-35(17-34)29-33-25(26-27(30)31-11-12-36(26)29)21-8-9-22(19(3)16-21)28(38)32-23-10-7-18(2)15-20(23)4;1-5-6-22(37)34-11-12-35(16-34)28-32-23(24-25(29)30-9-10-36(24)28)20-7-8-21(18(3)14-20)27(38)33-26-19(4)13-17(2)15-31-26;1-4-5-23(36)33-14-15-34(17-33)28-32-24(25-26(29)30-12-13-35(25)28)20-7-9-21(10-8-20)27(37)31-22-11-6-18(2)16-19(22)3/h7-12,15-16H,13-14,17H2,1-4H3,(H2,30,31)(H,32,38);7-10,13-15H,11-12,16H2,1-4H3,(H2,29,30)(H,31,33,38);6-13,16H,14-15,17H2,1-3H3,(H2,29,30)(H,31,37). The molecule has 3 saturated heterocycles. The Morgan fingerprint density at radius 2 is 0.743 bits per heavy atom. The fraction of sp³-hybridized carbons (Fsp3) is 0.235. The van der Waals surface area contributed by atoms with E-state index in [-0.39, 0.29) is 35.4 Å². The van der Waals surface area contributed by atoms with E-state index in [0.29, 0.717) is 151 Å². The van der Waals surface area contributed by atoms with Crippen molar-refractivity contribution in [1.29, 1.82) is 0 Å². The highest BCUT2D eigenvalue weighted by Crippen LogP contribution is 2.37. The molecule has 28 heteroatoms. The molecule has 12 aromatic rings. The molecule has 113 heavy (non-hydrogen) atoms. The maximum absolute atomic E-state index is 13.1. The number of rotatable bonds is 12. The van der Waals surface area contributed by atoms with Crippen LogP contribution in [-0.2, 0) is 14.4 Å². The van der Waals surface area contributed by atoms with Crippen molar-refractivity contribution < 1.29 is 28.8 Å². The molecule has 0 bridgehead atoms. The number of hydrogen-bond acceptors (Lipinski definition) is 19. The predicted molar refractivity (Wildman–Crippen MR) is 440 cm³/mol. The highest BCUT2D eigenvalue weighted by Gasteiger charge is 2.33. The van der Waals surface area contributed by atoms with Crippen molar-refractivity contribution in [2.75, 3.05) is 107 Å². The summed E-state index contributed by atoms with van der Waals surface area (Å²) in [7, 11) is 0. The molecule has 0 radical (unpaired) electrons. The van der Waals surface area contributed by atoms with Gasteiger partial charge in [0, 0.05) is 127 Å². The van der Waals surface area contributed by atoms with Crippen LogP contribution in [0.4, 0.5) is 52.5 Å². The first-order valence-corrected chi connectivity index (χ1v) is 36.5. The van der Waals surface area contributed by atoms with E-state index in [0.717, 1.165) is 72.6 Å². The van der Waals surface area contributed by atoms with Gasteiger partial charge in [0.05, 0.1) is 20.0 Å². The van der Waals surface area contributed by atoms with Crippen LogP contribution in [0.15, 0.2) is 147 Å². The van der Waals surface area contributed by atoms with Gasteiger partial charge in [-0.25, -0.2) is 34.9 Å². The third kappa shape index (κ3) is 16.1. The van der Waals surface area contributed by atoms with Crippen LogP contribution >= 0.6 is 0 Å². The van der Waals surface area contributed by atoms with Crippen molar-refractivity contribution in [3.05, 3.63) is 208 Å². The zero-order valence-electron chi connectivity index (χ0n) is 64.6. The monoisotopic (exact) mass is 1510 g/mol. The summed E-state index contributed by atoms with van der Waals surface area (Å²) in [5.74, 6) is 18.1. The summed E-state index contributed by atoms with van der Waals surface area (Å²) in [5.41, 5.74) is 36.3. The molecule has 9 N–H and O–H groups in total. The Morgan fingerprint density at radius 3 is 1.12 bits per heavy atom. The second kappa shape index (κ2) is 32.7. The van der Waals surface area contributed by atoms with E-state index in [4.69, 9.17) is 32.2 Å². The first-order valence-electron chi connectivity index (χ1n) is 36.5. The summed E-state index contributed by atoms with van der Waals surface area (Å²) in [5, 5.41) is 8.90. The number of imidazole rings is 3. The second-order valence-corrected chi connectivity index (χ2v) is 27.7. The van der Waals surface area contributed by atoms with Crippen molar-refractivity contribution in [1.82, 2.24) is 62.8 Å². The Kier molecular flexibility index (Phi) is 22.2. The van der Waals surface area contributed by atoms with Gasteiger partial charge in [-0.05, 0) is 176 Å². The normalized spacial score (nSPS) is 12.9. The molecule has 3 aliphatic rings. The average molecular weight is 1510 g/mol. The third-order valence-electron chi connectivity index (χ3n) is 19.7. The smallest absolute Gasteiger partial charge is 0.299 e. The van der Waals surface area contributed by atoms with E-state index in [9.17, 15) is 28.8 Å². The molecule has 0 aliphatic carbocycles. The molecule has 3 aliphatic heterocycles. The lowest BCUT2D eigenvalue weighted by Gasteiger charge is -2.17. The van der Waals surface area contributed by atoms with Crippen molar-refractivity contribution >= 4 is 104 Å². The van der Waals surface area contributed by atoms with Crippen LogP contribution in [0.3, 0.4) is 0 Å². The summed E-state index contributed by atoms with van der Waals surface area (Å²) in [4.78, 5) is 119. The zero-order chi connectivity index (χ0) is 80.1. The SMILES string of the molecule is CC#CC(=O)N1CCN(c2nc(-c3ccc(C(=O)Nc4ccc(C)cc4C)c(C)c3)c3c(N)nccn23)C1.CC#CC(=O)N1CCN(c2nc(-c3ccc(C(=O)Nc4ccc(C)cc4C)cc3)c3c(N)nccn23)C1.CC#CC(=O)N1CCN(c2nc(-c3ccc(C(=O)Nc4ncc(C)cc4C)c(C)c3)c3c(N)nccn23)C1. The second-order valence-electron chi connectivity index (χ2n) is 27.7. The number of anilines is 9. The van der Waals surface area contributed by atoms with Gasteiger partial charge < -0.3 is 62.6 Å². The molecular formula is C85H84N22O6. The lowest BCUT2D eigenvalue weighted by molar-refractivity contribution is -0.124. The summed E-state index contributed by atoms with van der Waals surface area (Å²) in [6.07, 6.45) is 12.0. The molecule has 28 nitrogen and oxygen atoms in total. The molecule has 0 atom stereocenters. The van der Waals surface area contributed by atoms with Crippen molar-refractivity contribution in [2.24, 2.45) is 0 Å². The number of carbonyl (C=O) groups is 6. The van der Waals surface area contributed by atoms with E-state index < -0.39 is 0 Å². The topological polar surface area (TPSA) is 339 Å². The van der Waals surface area contributed by atoms with E-state index in [2.05, 4.69) is 71.4 Å². The predicted octanol–water partition coefficient (Wildman–Crippen LogP) is 10.4. The van der Waals surface area contributed by atoms with Gasteiger partial charge in [0.25, 0.3) is 35.4 Å². The number of nitrogens with two attached hydrogens (primary N) is 3. The minimum absolute atomic E-state index is 0.172. The number of nitrogens with one attached hydrogen (secondary N) is 3. The Hall–Kier alpha value is -14.6. The third-order valence-corrected chi connectivity index (χ3v) is 19.7. The molecule has 0 unspecified atom stereocenters. The van der Waals surface area contributed by atoms with Crippen LogP contribution in [-0.4, -0.2) is 158 Å². The fourth-order valence-electron chi connectivity index (χ4n) is 14.0. The van der Waals surface area contributed by atoms with E-state index in [1.165, 1.54) is 0 Å². The number of nitrogen functional groups attached to an aromatic ring is 3. The molecule has 15 rings (SSSR count). The summed E-state index contributed by atoms with van der Waals surface area (Å²) in [6.45, 7) is 25.2. The van der Waals surface area contributed by atoms with Gasteiger partial charge in [0.2, 0.25) is 17.8 Å². The zero-order valence-corrected chi connectivity index (χ0v) is 64.6. The van der Waals surface area contributed by atoms with E-state index >= 15 is 0 Å². The number of fused-ring (bicyclic) bond motifs is 3. The van der Waals surface area contributed by atoms with Crippen LogP contribution < -0.4 is 47.9 Å². The molecule has 3 fully saturated rings. The average Bonchev–Trinajstić information content (AvgIpc) is 1.62. The van der Waals surface area contributed by atoms with Crippen LogP contribution in [0.2, 0.25) is 0 Å². The summed E-state index contributed by atoms with van der Waals surface area (Å²) < 4.78 is 5.67. The van der Waals surface area contributed by atoms with Crippen LogP contribution in [0.5, 0.6) is 0 Å². The van der Waals surface area contributed by atoms with Crippen LogP contribution in [0.1, 0.15) is 96.4 Å². The molecule has 7 aromatic heterocycles. The molecule has 5 aromatic carbocycles. The number of hydrogen-bond donors (Lipinski definition) is 6. The first-order chi connectivity index (χ1) is 54.4. The summed E-state index contributed by atoms with van der Waals surface area (Å²) >= 11 is 0. The Labute approximate surface area is 653 Å². The van der Waals surface area contributed by atoms with Gasteiger partial charge in [-0.15, -0.1) is 0 Å². The van der Waals surface area contributed by atoms with Crippen molar-refractivity contribution in [3.63, 3.8) is 0 Å². The number of aryl methyl sites for hydroxylation is 8. The Morgan fingerprint density at radius 1 is 0.381 bits per heavy atom. The van der Waals surface area contributed by atoms with Gasteiger partial charge in [-0.3, -0.25) is 42.0 Å². The molecule has 0 saturated carbocycles. The van der Waals surface area contributed by atoms with Gasteiger partial charge in [0.15, 0.2) is 0 Å². The Balaban J connectivity index is 0.000000148. The number of aromatic nitrogens is 10. The maximum Gasteiger partial charge on any atom is 0.299 e. The summed E-state index contributed by atoms with van der Waals surface area (Å²) in [6, 6.07) is 32.2. The highest BCUT2D eigenvalue weighted by molar-refractivity contribution is 6.08. The Bertz CT molecular complexity index is 5780. The number of nitrogens with zero attached hydrogens (tertiary/aromatic N) is 16. The van der Waals surface area contributed by atoms with E-state index in [1.54, 1.807) is 96.9 Å². The van der Waals surface area contributed by atoms with Gasteiger partial charge in [-0.2, -0.15) is 0 Å². The minimum Gasteiger partial charge on any atom is -0.382 e. The van der Waals surface area contributed by atoms with Gasteiger partial charge >= 0.3 is 0 Å². The molecule has 6 amide bonds. The van der Waals surface area contributed by atoms with Crippen LogP contribution in [0.25, 0.3) is 50.3 Å². The molecule has 0 spiro atoms. The lowest BCUT2D eigenvalue weighted by atomic mass is 10.0. The first kappa shape index (κ1) is 76.6. The minimum atomic E-state index is -0.234. The molecule has 10 heterocycles. The maximum atomic E-state index is 13.1. The quantitative estimate of drug-likeness (QED) is 0.0619. The number of benzene rings is 5. The highest BCUT2D eigenvalue weighted by atomic mass is 16.2. The number of carbonyl (C=O) groups excluding carboxylic acids is 6. The van der Waals surface area contributed by atoms with Crippen LogP contribution in [0, 0.1) is 90.9 Å². The lowest BCUT2D eigenvalue weighted by Crippen LogP contribution is -2.30. The van der Waals surface area contributed by atoms with Crippen molar-refractivity contribution in [3.8, 4) is 69.3 Å². The molecule has 570 valence electrons. The van der Waals surface area contributed by atoms with Gasteiger partial charge in [0.1, 0.15) is 56.9 Å². The number of amides is 6. The van der Waals surface area contributed by atoms with Crippen molar-refractivity contribution in [2.45, 2.75) is 76.2 Å².